The number of hydrogen-bond acceptors (Lipinski definition) is 7. The Hall–Kier alpha value is -2.91. The van der Waals surface area contributed by atoms with Crippen LogP contribution in [0.15, 0.2) is 52.9 Å². The molecule has 31 heavy (non-hydrogen) atoms. The van der Waals surface area contributed by atoms with E-state index in [1.165, 1.54) is 11.8 Å². The van der Waals surface area contributed by atoms with Crippen molar-refractivity contribution in [2.75, 3.05) is 11.1 Å². The average molecular weight is 457 g/mol. The highest BCUT2D eigenvalue weighted by atomic mass is 32.2. The fraction of sp³-hybridized carbons (Fsp3) is 0.273. The molecule has 7 nitrogen and oxygen atoms in total. The number of carbonyl (C=O) groups excluding carboxylic acids is 2. The third kappa shape index (κ3) is 7.37. The highest BCUT2D eigenvalue weighted by molar-refractivity contribution is 8.01. The molecule has 0 saturated heterocycles. The molecule has 0 radical (unpaired) electrons. The molecule has 3 rings (SSSR count). The third-order valence-electron chi connectivity index (χ3n) is 4.02. The van der Waals surface area contributed by atoms with Gasteiger partial charge in [-0.1, -0.05) is 52.9 Å². The Balaban J connectivity index is 1.42. The zero-order chi connectivity index (χ0) is 22.2. The molecule has 1 aromatic heterocycles. The molecule has 0 aliphatic carbocycles. The predicted molar refractivity (Wildman–Crippen MR) is 124 cm³/mol. The standard InChI is InChI=1S/C22H24N4O3S2/c1-14(2)29-18-10-6-16(7-11-18)12-23-19(27)13-30-22-26-25-21(31-22)20(28)24-17-8-4-15(3)5-9-17/h4-11,14H,12-13H2,1-3H3,(H,23,27)(H,24,28). The second-order valence-electron chi connectivity index (χ2n) is 7.07. The summed E-state index contributed by atoms with van der Waals surface area (Å²) >= 11 is 2.41. The Bertz CT molecular complexity index is 1020. The number of hydrogen-bond donors (Lipinski definition) is 2. The molecule has 2 amide bonds. The van der Waals surface area contributed by atoms with Crippen molar-refractivity contribution in [2.24, 2.45) is 0 Å². The molecule has 0 atom stereocenters. The number of aryl methyl sites for hydroxylation is 1. The maximum atomic E-state index is 12.3. The number of anilines is 1. The van der Waals surface area contributed by atoms with Crippen LogP contribution in [0.25, 0.3) is 0 Å². The normalized spacial score (nSPS) is 10.7. The van der Waals surface area contributed by atoms with Gasteiger partial charge in [0.25, 0.3) is 5.91 Å². The van der Waals surface area contributed by atoms with Gasteiger partial charge in [0.2, 0.25) is 10.9 Å². The summed E-state index contributed by atoms with van der Waals surface area (Å²) < 4.78 is 6.18. The van der Waals surface area contributed by atoms with Crippen LogP contribution < -0.4 is 15.4 Å². The van der Waals surface area contributed by atoms with Gasteiger partial charge in [0.05, 0.1) is 11.9 Å². The van der Waals surface area contributed by atoms with E-state index in [1.54, 1.807) is 0 Å². The summed E-state index contributed by atoms with van der Waals surface area (Å²) in [5.74, 6) is 0.568. The zero-order valence-electron chi connectivity index (χ0n) is 17.5. The van der Waals surface area contributed by atoms with Crippen molar-refractivity contribution in [1.29, 1.82) is 0 Å². The SMILES string of the molecule is Cc1ccc(NC(=O)c2nnc(SCC(=O)NCc3ccc(OC(C)C)cc3)s2)cc1. The van der Waals surface area contributed by atoms with Gasteiger partial charge in [-0.2, -0.15) is 0 Å². The summed E-state index contributed by atoms with van der Waals surface area (Å²) in [5.41, 5.74) is 2.80. The van der Waals surface area contributed by atoms with Crippen LogP contribution in [0.3, 0.4) is 0 Å². The van der Waals surface area contributed by atoms with Crippen molar-refractivity contribution in [3.63, 3.8) is 0 Å². The minimum atomic E-state index is -0.317. The fourth-order valence-electron chi connectivity index (χ4n) is 2.52. The van der Waals surface area contributed by atoms with Crippen LogP contribution in [0.1, 0.15) is 34.8 Å². The lowest BCUT2D eigenvalue weighted by molar-refractivity contribution is -0.118. The Morgan fingerprint density at radius 1 is 1.06 bits per heavy atom. The lowest BCUT2D eigenvalue weighted by atomic mass is 10.2. The first-order chi connectivity index (χ1) is 14.9. The summed E-state index contributed by atoms with van der Waals surface area (Å²) in [6.07, 6.45) is 0.122. The monoisotopic (exact) mass is 456 g/mol. The van der Waals surface area contributed by atoms with Gasteiger partial charge >= 0.3 is 0 Å². The lowest BCUT2D eigenvalue weighted by Gasteiger charge is -2.10. The molecule has 2 aromatic carbocycles. The van der Waals surface area contributed by atoms with Crippen molar-refractivity contribution < 1.29 is 14.3 Å². The van der Waals surface area contributed by atoms with E-state index in [1.807, 2.05) is 69.3 Å². The Morgan fingerprint density at radius 3 is 2.45 bits per heavy atom. The molecule has 0 spiro atoms. The third-order valence-corrected chi connectivity index (χ3v) is 6.08. The highest BCUT2D eigenvalue weighted by Crippen LogP contribution is 2.23. The number of benzene rings is 2. The van der Waals surface area contributed by atoms with Gasteiger partial charge in [-0.3, -0.25) is 9.59 Å². The van der Waals surface area contributed by atoms with E-state index in [0.29, 0.717) is 16.6 Å². The number of carbonyl (C=O) groups is 2. The van der Waals surface area contributed by atoms with E-state index in [-0.39, 0.29) is 28.7 Å². The predicted octanol–water partition coefficient (Wildman–Crippen LogP) is 4.29. The van der Waals surface area contributed by atoms with Crippen molar-refractivity contribution in [2.45, 2.75) is 37.8 Å². The number of ether oxygens (including phenoxy) is 1. The summed E-state index contributed by atoms with van der Waals surface area (Å²) in [5, 5.41) is 13.8. The van der Waals surface area contributed by atoms with Crippen LogP contribution in [-0.4, -0.2) is 33.9 Å². The summed E-state index contributed by atoms with van der Waals surface area (Å²) in [6.45, 7) is 6.36. The Kier molecular flexibility index (Phi) is 8.02. The number of thioether (sulfide) groups is 1. The van der Waals surface area contributed by atoms with E-state index in [0.717, 1.165) is 28.2 Å². The average Bonchev–Trinajstić information content (AvgIpc) is 3.22. The molecule has 0 aliphatic heterocycles. The molecule has 162 valence electrons. The molecule has 2 N–H and O–H groups in total. The van der Waals surface area contributed by atoms with Crippen LogP contribution in [0, 0.1) is 6.92 Å². The smallest absolute Gasteiger partial charge is 0.286 e. The minimum Gasteiger partial charge on any atom is -0.491 e. The lowest BCUT2D eigenvalue weighted by Crippen LogP contribution is -2.24. The molecule has 1 heterocycles. The Morgan fingerprint density at radius 2 is 1.77 bits per heavy atom. The Labute approximate surface area is 189 Å². The quantitative estimate of drug-likeness (QED) is 0.467. The number of nitrogens with zero attached hydrogens (tertiary/aromatic N) is 2. The van der Waals surface area contributed by atoms with Crippen molar-refractivity contribution in [1.82, 2.24) is 15.5 Å². The molecule has 0 fully saturated rings. The first-order valence-corrected chi connectivity index (χ1v) is 11.6. The number of nitrogens with one attached hydrogen (secondary N) is 2. The fourth-order valence-corrected chi connectivity index (χ4v) is 4.10. The summed E-state index contributed by atoms with van der Waals surface area (Å²) in [6, 6.07) is 15.1. The van der Waals surface area contributed by atoms with Gasteiger partial charge in [-0.15, -0.1) is 10.2 Å². The van der Waals surface area contributed by atoms with E-state index >= 15 is 0 Å². The molecule has 0 aliphatic rings. The van der Waals surface area contributed by atoms with Gasteiger partial charge < -0.3 is 15.4 Å². The van der Waals surface area contributed by atoms with Crippen LogP contribution in [0.5, 0.6) is 5.75 Å². The highest BCUT2D eigenvalue weighted by Gasteiger charge is 2.14. The van der Waals surface area contributed by atoms with Gasteiger partial charge in [-0.25, -0.2) is 0 Å². The first-order valence-electron chi connectivity index (χ1n) is 9.75. The minimum absolute atomic E-state index is 0.117. The second kappa shape index (κ2) is 10.9. The number of rotatable bonds is 9. The van der Waals surface area contributed by atoms with Crippen molar-refractivity contribution in [3.8, 4) is 5.75 Å². The topological polar surface area (TPSA) is 93.2 Å². The van der Waals surface area contributed by atoms with Crippen LogP contribution in [0.4, 0.5) is 5.69 Å². The number of amides is 2. The largest absolute Gasteiger partial charge is 0.491 e. The molecule has 9 heteroatoms. The first kappa shape index (κ1) is 22.8. The number of aromatic nitrogens is 2. The molecule has 0 bridgehead atoms. The maximum absolute atomic E-state index is 12.3. The van der Waals surface area contributed by atoms with E-state index in [2.05, 4.69) is 20.8 Å². The summed E-state index contributed by atoms with van der Waals surface area (Å²) in [7, 11) is 0. The van der Waals surface area contributed by atoms with Crippen LogP contribution in [0.2, 0.25) is 0 Å². The van der Waals surface area contributed by atoms with Gasteiger partial charge in [0.1, 0.15) is 5.75 Å². The van der Waals surface area contributed by atoms with Crippen molar-refractivity contribution in [3.05, 3.63) is 64.7 Å². The van der Waals surface area contributed by atoms with Crippen LogP contribution >= 0.6 is 23.1 Å². The van der Waals surface area contributed by atoms with Crippen molar-refractivity contribution >= 4 is 40.6 Å². The second-order valence-corrected chi connectivity index (χ2v) is 9.27. The zero-order valence-corrected chi connectivity index (χ0v) is 19.2. The maximum Gasteiger partial charge on any atom is 0.286 e. The van der Waals surface area contributed by atoms with E-state index < -0.39 is 0 Å². The molecule has 3 aromatic rings. The van der Waals surface area contributed by atoms with Gasteiger partial charge in [0, 0.05) is 12.2 Å². The molecule has 0 saturated carbocycles. The van der Waals surface area contributed by atoms with E-state index in [4.69, 9.17) is 4.74 Å². The van der Waals surface area contributed by atoms with Crippen LogP contribution in [-0.2, 0) is 11.3 Å². The van der Waals surface area contributed by atoms with E-state index in [9.17, 15) is 9.59 Å². The molecule has 0 unspecified atom stereocenters. The van der Waals surface area contributed by atoms with Gasteiger partial charge in [0.15, 0.2) is 4.34 Å². The summed E-state index contributed by atoms with van der Waals surface area (Å²) in [4.78, 5) is 24.4. The molecular weight excluding hydrogens is 432 g/mol. The molecular formula is C22H24N4O3S2. The van der Waals surface area contributed by atoms with Gasteiger partial charge in [-0.05, 0) is 50.6 Å².